The first-order valence-electron chi connectivity index (χ1n) is 7.08. The molecule has 1 N–H and O–H groups in total. The molecular weight excluding hydrogens is 310 g/mol. The van der Waals surface area contributed by atoms with Crippen molar-refractivity contribution >= 4 is 25.6 Å². The van der Waals surface area contributed by atoms with Crippen molar-refractivity contribution in [3.8, 4) is 0 Å². The summed E-state index contributed by atoms with van der Waals surface area (Å²) >= 11 is 0. The number of carbonyl (C=O) groups is 1. The Labute approximate surface area is 130 Å². The molecule has 21 heavy (non-hydrogen) atoms. The topological polar surface area (TPSA) is 63.2 Å². The summed E-state index contributed by atoms with van der Waals surface area (Å²) in [6, 6.07) is 1.89. The number of benzene rings is 1. The van der Waals surface area contributed by atoms with E-state index in [1.54, 1.807) is 19.9 Å². The van der Waals surface area contributed by atoms with E-state index in [0.717, 1.165) is 31.2 Å². The van der Waals surface area contributed by atoms with E-state index in [9.17, 15) is 13.2 Å². The third-order valence-corrected chi connectivity index (χ3v) is 5.64. The van der Waals surface area contributed by atoms with Crippen molar-refractivity contribution in [2.24, 2.45) is 0 Å². The van der Waals surface area contributed by atoms with Crippen LogP contribution in [-0.2, 0) is 9.05 Å². The second kappa shape index (κ2) is 5.97. The lowest BCUT2D eigenvalue weighted by molar-refractivity contribution is 0.0936. The molecule has 1 aromatic rings. The molecular formula is C15H20ClNO3S. The maximum absolute atomic E-state index is 12.5. The maximum atomic E-state index is 12.5. The Balaban J connectivity index is 2.45. The van der Waals surface area contributed by atoms with Gasteiger partial charge in [-0.25, -0.2) is 8.42 Å². The van der Waals surface area contributed by atoms with Crippen LogP contribution in [0.4, 0.5) is 0 Å². The molecule has 1 fully saturated rings. The molecule has 4 nitrogen and oxygen atoms in total. The van der Waals surface area contributed by atoms with Gasteiger partial charge in [0.15, 0.2) is 0 Å². The quantitative estimate of drug-likeness (QED) is 0.866. The Morgan fingerprint density at radius 1 is 1.19 bits per heavy atom. The third kappa shape index (κ3) is 3.40. The molecule has 0 bridgehead atoms. The Morgan fingerprint density at radius 2 is 1.76 bits per heavy atom. The molecule has 0 spiro atoms. The summed E-state index contributed by atoms with van der Waals surface area (Å²) in [5, 5.41) is 3.00. The SMILES string of the molecule is Cc1cc(C)c(S(=O)(=O)Cl)c(C)c1C(=O)NC1CCCC1. The van der Waals surface area contributed by atoms with Crippen LogP contribution in [0, 0.1) is 20.8 Å². The average molecular weight is 330 g/mol. The van der Waals surface area contributed by atoms with Crippen LogP contribution in [0.2, 0.25) is 0 Å². The summed E-state index contributed by atoms with van der Waals surface area (Å²) in [5.74, 6) is -0.210. The highest BCUT2D eigenvalue weighted by molar-refractivity contribution is 8.13. The number of nitrogens with one attached hydrogen (secondary N) is 1. The van der Waals surface area contributed by atoms with Crippen LogP contribution in [0.1, 0.15) is 52.7 Å². The smallest absolute Gasteiger partial charge is 0.261 e. The van der Waals surface area contributed by atoms with Crippen molar-refractivity contribution in [2.75, 3.05) is 0 Å². The summed E-state index contributed by atoms with van der Waals surface area (Å²) in [6.07, 6.45) is 4.21. The van der Waals surface area contributed by atoms with Crippen LogP contribution in [0.25, 0.3) is 0 Å². The molecule has 1 aromatic carbocycles. The molecule has 0 aliphatic heterocycles. The third-order valence-electron chi connectivity index (χ3n) is 4.06. The van der Waals surface area contributed by atoms with E-state index in [4.69, 9.17) is 10.7 Å². The summed E-state index contributed by atoms with van der Waals surface area (Å²) in [6.45, 7) is 5.14. The molecule has 2 rings (SSSR count). The number of amides is 1. The first kappa shape index (κ1) is 16.3. The average Bonchev–Trinajstić information content (AvgIpc) is 2.78. The zero-order chi connectivity index (χ0) is 15.8. The van der Waals surface area contributed by atoms with Gasteiger partial charge in [0.25, 0.3) is 15.0 Å². The largest absolute Gasteiger partial charge is 0.349 e. The highest BCUT2D eigenvalue weighted by Crippen LogP contribution is 2.29. The predicted octanol–water partition coefficient (Wildman–Crippen LogP) is 3.21. The summed E-state index contributed by atoms with van der Waals surface area (Å²) < 4.78 is 23.5. The number of hydrogen-bond acceptors (Lipinski definition) is 3. The fraction of sp³-hybridized carbons (Fsp3) is 0.533. The van der Waals surface area contributed by atoms with E-state index >= 15 is 0 Å². The monoisotopic (exact) mass is 329 g/mol. The Morgan fingerprint density at radius 3 is 2.29 bits per heavy atom. The van der Waals surface area contributed by atoms with Gasteiger partial charge in [-0.3, -0.25) is 4.79 Å². The van der Waals surface area contributed by atoms with Gasteiger partial charge < -0.3 is 5.32 Å². The van der Waals surface area contributed by atoms with Crippen molar-refractivity contribution in [3.63, 3.8) is 0 Å². The lowest BCUT2D eigenvalue weighted by Crippen LogP contribution is -2.33. The molecule has 1 saturated carbocycles. The van der Waals surface area contributed by atoms with Crippen molar-refractivity contribution in [2.45, 2.75) is 57.4 Å². The molecule has 1 amide bonds. The molecule has 116 valence electrons. The number of rotatable bonds is 3. The molecule has 0 heterocycles. The van der Waals surface area contributed by atoms with Crippen LogP contribution < -0.4 is 5.32 Å². The van der Waals surface area contributed by atoms with E-state index in [0.29, 0.717) is 16.7 Å². The zero-order valence-electron chi connectivity index (χ0n) is 12.5. The van der Waals surface area contributed by atoms with Crippen molar-refractivity contribution in [1.29, 1.82) is 0 Å². The highest BCUT2D eigenvalue weighted by atomic mass is 35.7. The first-order chi connectivity index (χ1) is 9.71. The van der Waals surface area contributed by atoms with E-state index in [-0.39, 0.29) is 16.8 Å². The molecule has 0 saturated heterocycles. The summed E-state index contributed by atoms with van der Waals surface area (Å²) in [4.78, 5) is 12.5. The van der Waals surface area contributed by atoms with Crippen molar-refractivity contribution < 1.29 is 13.2 Å². The van der Waals surface area contributed by atoms with Gasteiger partial charge in [-0.2, -0.15) is 0 Å². The Bertz CT molecular complexity index is 677. The second-order valence-corrected chi connectivity index (χ2v) is 8.23. The number of halogens is 1. The molecule has 6 heteroatoms. The van der Waals surface area contributed by atoms with Crippen molar-refractivity contribution in [1.82, 2.24) is 5.32 Å². The predicted molar refractivity (Wildman–Crippen MR) is 83.4 cm³/mol. The van der Waals surface area contributed by atoms with E-state index in [2.05, 4.69) is 5.32 Å². The van der Waals surface area contributed by atoms with Gasteiger partial charge in [0, 0.05) is 22.3 Å². The van der Waals surface area contributed by atoms with Crippen LogP contribution in [-0.4, -0.2) is 20.4 Å². The minimum Gasteiger partial charge on any atom is -0.349 e. The van der Waals surface area contributed by atoms with Crippen LogP contribution in [0.5, 0.6) is 0 Å². The fourth-order valence-electron chi connectivity index (χ4n) is 3.22. The molecule has 0 unspecified atom stereocenters. The lowest BCUT2D eigenvalue weighted by atomic mass is 9.98. The first-order valence-corrected chi connectivity index (χ1v) is 9.39. The summed E-state index contributed by atoms with van der Waals surface area (Å²) in [5.41, 5.74) is 2.19. The zero-order valence-corrected chi connectivity index (χ0v) is 14.1. The highest BCUT2D eigenvalue weighted by Gasteiger charge is 2.25. The second-order valence-electron chi connectivity index (χ2n) is 5.73. The number of hydrogen-bond donors (Lipinski definition) is 1. The standard InChI is InChI=1S/C15H20ClNO3S/c1-9-8-10(2)14(21(16,19)20)11(3)13(9)15(18)17-12-6-4-5-7-12/h8,12H,4-7H2,1-3H3,(H,17,18). The molecule has 0 atom stereocenters. The van der Waals surface area contributed by atoms with Crippen LogP contribution in [0.3, 0.4) is 0 Å². The number of carbonyl (C=O) groups excluding carboxylic acids is 1. The molecule has 0 aromatic heterocycles. The van der Waals surface area contributed by atoms with E-state index in [1.807, 2.05) is 6.92 Å². The van der Waals surface area contributed by atoms with E-state index < -0.39 is 9.05 Å². The van der Waals surface area contributed by atoms with Gasteiger partial charge in [-0.05, 0) is 50.3 Å². The summed E-state index contributed by atoms with van der Waals surface area (Å²) in [7, 11) is 1.64. The number of aryl methyl sites for hydroxylation is 2. The minimum absolute atomic E-state index is 0.0475. The molecule has 1 aliphatic carbocycles. The van der Waals surface area contributed by atoms with Gasteiger partial charge in [0.2, 0.25) is 0 Å². The molecule has 0 radical (unpaired) electrons. The normalized spacial score (nSPS) is 16.2. The Kier molecular flexibility index (Phi) is 4.63. The van der Waals surface area contributed by atoms with E-state index in [1.165, 1.54) is 0 Å². The van der Waals surface area contributed by atoms with Gasteiger partial charge in [0.05, 0.1) is 4.90 Å². The fourth-order valence-corrected chi connectivity index (χ4v) is 4.84. The van der Waals surface area contributed by atoms with Gasteiger partial charge in [0.1, 0.15) is 0 Å². The maximum Gasteiger partial charge on any atom is 0.261 e. The van der Waals surface area contributed by atoms with Crippen molar-refractivity contribution in [3.05, 3.63) is 28.3 Å². The van der Waals surface area contributed by atoms with Gasteiger partial charge in [-0.15, -0.1) is 0 Å². The van der Waals surface area contributed by atoms with Gasteiger partial charge in [-0.1, -0.05) is 18.9 Å². The minimum atomic E-state index is -3.87. The lowest BCUT2D eigenvalue weighted by Gasteiger charge is -2.18. The Hall–Kier alpha value is -1.07. The van der Waals surface area contributed by atoms with Crippen LogP contribution in [0.15, 0.2) is 11.0 Å². The molecule has 1 aliphatic rings. The van der Waals surface area contributed by atoms with Crippen LogP contribution >= 0.6 is 10.7 Å². The van der Waals surface area contributed by atoms with Gasteiger partial charge >= 0.3 is 0 Å².